The van der Waals surface area contributed by atoms with Gasteiger partial charge in [0.25, 0.3) is 0 Å². The van der Waals surface area contributed by atoms with Gasteiger partial charge in [0.1, 0.15) is 5.37 Å². The molecule has 0 spiro atoms. The Bertz CT molecular complexity index is 479. The highest BCUT2D eigenvalue weighted by atomic mass is 32.2. The first kappa shape index (κ1) is 13.7. The second-order valence-electron chi connectivity index (χ2n) is 5.78. The maximum absolute atomic E-state index is 12.7. The Morgan fingerprint density at radius 3 is 2.74 bits per heavy atom. The van der Waals surface area contributed by atoms with E-state index in [-0.39, 0.29) is 17.9 Å². The first-order valence-corrected chi connectivity index (χ1v) is 9.91. The third kappa shape index (κ3) is 2.52. The molecule has 3 fully saturated rings. The summed E-state index contributed by atoms with van der Waals surface area (Å²) in [5, 5.41) is 2.82. The lowest BCUT2D eigenvalue weighted by molar-refractivity contribution is -0.136. The predicted octanol–water partition coefficient (Wildman–Crippen LogP) is 0.0730. The fourth-order valence-corrected chi connectivity index (χ4v) is 6.32. The largest absolute Gasteiger partial charge is 0.324 e. The summed E-state index contributed by atoms with van der Waals surface area (Å²) in [6, 6.07) is 0.738. The van der Waals surface area contributed by atoms with Crippen LogP contribution in [0.15, 0.2) is 0 Å². The molecule has 7 heteroatoms. The Morgan fingerprint density at radius 2 is 2.16 bits per heavy atom. The van der Waals surface area contributed by atoms with E-state index in [1.54, 1.807) is 16.7 Å². The van der Waals surface area contributed by atoms with Crippen molar-refractivity contribution in [1.82, 2.24) is 10.2 Å². The lowest BCUT2D eigenvalue weighted by Gasteiger charge is -2.37. The molecule has 2 bridgehead atoms. The van der Waals surface area contributed by atoms with Gasteiger partial charge in [-0.2, -0.15) is 11.8 Å². The van der Waals surface area contributed by atoms with Crippen LogP contribution >= 0.6 is 11.8 Å². The molecule has 0 aromatic carbocycles. The summed E-state index contributed by atoms with van der Waals surface area (Å²) in [6.07, 6.45) is 4.32. The number of thioether (sulfide) groups is 1. The quantitative estimate of drug-likeness (QED) is 0.782. The minimum atomic E-state index is -3.20. The highest BCUT2D eigenvalue weighted by Gasteiger charge is 2.46. The molecule has 0 aromatic rings. The summed E-state index contributed by atoms with van der Waals surface area (Å²) in [6.45, 7) is 0.565. The van der Waals surface area contributed by atoms with Crippen LogP contribution in [0.5, 0.6) is 0 Å². The average molecular weight is 304 g/mol. The van der Waals surface area contributed by atoms with Gasteiger partial charge in [0.2, 0.25) is 5.91 Å². The maximum atomic E-state index is 12.7. The highest BCUT2D eigenvalue weighted by molar-refractivity contribution is 8.00. The van der Waals surface area contributed by atoms with Gasteiger partial charge < -0.3 is 10.2 Å². The van der Waals surface area contributed by atoms with Crippen molar-refractivity contribution in [3.63, 3.8) is 0 Å². The number of amides is 1. The molecule has 19 heavy (non-hydrogen) atoms. The smallest absolute Gasteiger partial charge is 0.228 e. The third-order valence-corrected chi connectivity index (χ3v) is 7.12. The molecule has 108 valence electrons. The van der Waals surface area contributed by atoms with Crippen molar-refractivity contribution >= 4 is 27.5 Å². The van der Waals surface area contributed by atoms with Crippen LogP contribution in [0.1, 0.15) is 19.3 Å². The summed E-state index contributed by atoms with van der Waals surface area (Å²) >= 11 is 1.62. The molecule has 3 rings (SSSR count). The van der Waals surface area contributed by atoms with Gasteiger partial charge in [-0.25, -0.2) is 8.42 Å². The zero-order valence-electron chi connectivity index (χ0n) is 11.0. The van der Waals surface area contributed by atoms with E-state index in [2.05, 4.69) is 5.32 Å². The van der Waals surface area contributed by atoms with Crippen LogP contribution in [0.4, 0.5) is 0 Å². The fourth-order valence-electron chi connectivity index (χ4n) is 3.50. The fraction of sp³-hybridized carbons (Fsp3) is 0.917. The van der Waals surface area contributed by atoms with Crippen LogP contribution < -0.4 is 5.32 Å². The van der Waals surface area contributed by atoms with E-state index in [9.17, 15) is 13.2 Å². The number of hydrogen-bond donors (Lipinski definition) is 1. The SMILES string of the molecule is CS(=O)(=O)C1CSCCN1C(=O)C1CC2CCC1N2. The molecule has 0 aromatic heterocycles. The van der Waals surface area contributed by atoms with Gasteiger partial charge in [-0.1, -0.05) is 0 Å². The Morgan fingerprint density at radius 1 is 1.37 bits per heavy atom. The molecule has 4 unspecified atom stereocenters. The van der Waals surface area contributed by atoms with Crippen molar-refractivity contribution in [2.24, 2.45) is 5.92 Å². The van der Waals surface area contributed by atoms with Gasteiger partial charge >= 0.3 is 0 Å². The first-order chi connectivity index (χ1) is 8.97. The van der Waals surface area contributed by atoms with E-state index in [1.807, 2.05) is 0 Å². The van der Waals surface area contributed by atoms with Crippen molar-refractivity contribution in [3.8, 4) is 0 Å². The third-order valence-electron chi connectivity index (χ3n) is 4.48. The summed E-state index contributed by atoms with van der Waals surface area (Å²) in [5.41, 5.74) is 0. The number of nitrogens with one attached hydrogen (secondary N) is 1. The normalized spacial score (nSPS) is 38.7. The van der Waals surface area contributed by atoms with E-state index < -0.39 is 15.2 Å². The van der Waals surface area contributed by atoms with Crippen molar-refractivity contribution in [2.45, 2.75) is 36.7 Å². The minimum Gasteiger partial charge on any atom is -0.324 e. The molecule has 5 nitrogen and oxygen atoms in total. The summed E-state index contributed by atoms with van der Waals surface area (Å²) in [7, 11) is -3.20. The van der Waals surface area contributed by atoms with E-state index >= 15 is 0 Å². The van der Waals surface area contributed by atoms with Gasteiger partial charge in [0, 0.05) is 36.4 Å². The topological polar surface area (TPSA) is 66.5 Å². The molecule has 0 aliphatic carbocycles. The average Bonchev–Trinajstić information content (AvgIpc) is 2.99. The van der Waals surface area contributed by atoms with Gasteiger partial charge in [0.05, 0.1) is 5.92 Å². The van der Waals surface area contributed by atoms with Gasteiger partial charge in [-0.3, -0.25) is 4.79 Å². The highest BCUT2D eigenvalue weighted by Crippen LogP contribution is 2.35. The molecule has 0 saturated carbocycles. The van der Waals surface area contributed by atoms with Crippen LogP contribution in [0.2, 0.25) is 0 Å². The summed E-state index contributed by atoms with van der Waals surface area (Å²) < 4.78 is 23.7. The molecule has 1 amide bonds. The molecule has 4 atom stereocenters. The number of nitrogens with zero attached hydrogens (tertiary/aromatic N) is 1. The molecule has 3 aliphatic rings. The minimum absolute atomic E-state index is 0.00824. The van der Waals surface area contributed by atoms with E-state index in [1.165, 1.54) is 6.26 Å². The van der Waals surface area contributed by atoms with Crippen LogP contribution in [0, 0.1) is 5.92 Å². The number of rotatable bonds is 2. The molecular formula is C12H20N2O3S2. The first-order valence-electron chi connectivity index (χ1n) is 6.80. The number of carbonyl (C=O) groups excluding carboxylic acids is 1. The van der Waals surface area contributed by atoms with Crippen LogP contribution in [0.3, 0.4) is 0 Å². The van der Waals surface area contributed by atoms with Crippen molar-refractivity contribution in [1.29, 1.82) is 0 Å². The maximum Gasteiger partial charge on any atom is 0.228 e. The van der Waals surface area contributed by atoms with Crippen molar-refractivity contribution in [3.05, 3.63) is 0 Å². The molecule has 1 N–H and O–H groups in total. The monoisotopic (exact) mass is 304 g/mol. The Balaban J connectivity index is 1.77. The number of hydrogen-bond acceptors (Lipinski definition) is 5. The van der Waals surface area contributed by atoms with Gasteiger partial charge in [-0.05, 0) is 19.3 Å². The summed E-state index contributed by atoms with van der Waals surface area (Å²) in [5.74, 6) is 1.40. The van der Waals surface area contributed by atoms with E-state index in [0.717, 1.165) is 25.0 Å². The lowest BCUT2D eigenvalue weighted by Crippen LogP contribution is -2.53. The predicted molar refractivity (Wildman–Crippen MR) is 75.7 cm³/mol. The summed E-state index contributed by atoms with van der Waals surface area (Å²) in [4.78, 5) is 14.3. The number of carbonyl (C=O) groups is 1. The second kappa shape index (κ2) is 4.93. The van der Waals surface area contributed by atoms with Crippen LogP contribution in [0.25, 0.3) is 0 Å². The van der Waals surface area contributed by atoms with Crippen LogP contribution in [-0.2, 0) is 14.6 Å². The van der Waals surface area contributed by atoms with Crippen molar-refractivity contribution < 1.29 is 13.2 Å². The number of sulfone groups is 1. The zero-order valence-corrected chi connectivity index (χ0v) is 12.7. The second-order valence-corrected chi connectivity index (χ2v) is 9.13. The Hall–Kier alpha value is -0.270. The van der Waals surface area contributed by atoms with E-state index in [4.69, 9.17) is 0 Å². The Labute approximate surface area is 118 Å². The molecule has 3 aliphatic heterocycles. The molecule has 3 saturated heterocycles. The molecule has 3 heterocycles. The van der Waals surface area contributed by atoms with Gasteiger partial charge in [0.15, 0.2) is 9.84 Å². The molecular weight excluding hydrogens is 284 g/mol. The van der Waals surface area contributed by atoms with Crippen LogP contribution in [-0.4, -0.2) is 61.0 Å². The molecule has 0 radical (unpaired) electrons. The number of fused-ring (bicyclic) bond motifs is 2. The van der Waals surface area contributed by atoms with Gasteiger partial charge in [-0.15, -0.1) is 0 Å². The Kier molecular flexibility index (Phi) is 3.55. The standard InChI is InChI=1S/C12H20N2O3S2/c1-19(16,17)11-7-18-5-4-14(11)12(15)9-6-8-2-3-10(9)13-8/h8-11,13H,2-7H2,1H3. The van der Waals surface area contributed by atoms with Crippen molar-refractivity contribution in [2.75, 3.05) is 24.3 Å². The lowest BCUT2D eigenvalue weighted by atomic mass is 9.88. The zero-order chi connectivity index (χ0) is 13.6. The van der Waals surface area contributed by atoms with E-state index in [0.29, 0.717) is 18.3 Å².